The number of aromatic nitrogens is 3. The van der Waals surface area contributed by atoms with Crippen LogP contribution in [0.5, 0.6) is 0 Å². The van der Waals surface area contributed by atoms with Crippen LogP contribution in [0.25, 0.3) is 10.4 Å². The second-order valence-corrected chi connectivity index (χ2v) is 25.5. The van der Waals surface area contributed by atoms with E-state index in [1.54, 1.807) is 62.6 Å². The molecular weight excluding hydrogens is 1070 g/mol. The van der Waals surface area contributed by atoms with Crippen molar-refractivity contribution in [2.75, 3.05) is 94.4 Å². The van der Waals surface area contributed by atoms with Crippen LogP contribution < -0.4 is 36.2 Å². The number of ether oxygens (including phenoxy) is 3. The molecule has 0 spiro atoms. The zero-order valence-corrected chi connectivity index (χ0v) is 49.4. The first-order valence-corrected chi connectivity index (χ1v) is 30.1. The smallest absolute Gasteiger partial charge is 0.241 e. The zero-order valence-electron chi connectivity index (χ0n) is 47.8. The Morgan fingerprint density at radius 1 is 0.840 bits per heavy atom. The van der Waals surface area contributed by atoms with Crippen LogP contribution >= 0.6 is 11.3 Å². The van der Waals surface area contributed by atoms with Gasteiger partial charge in [0, 0.05) is 86.6 Å². The molecule has 8 rings (SSSR count). The number of amides is 3. The Balaban J connectivity index is 1.01. The van der Waals surface area contributed by atoms with Gasteiger partial charge in [-0.05, 0) is 100 Å². The maximum atomic E-state index is 15.2. The first-order chi connectivity index (χ1) is 38.6. The summed E-state index contributed by atoms with van der Waals surface area (Å²) in [4.78, 5) is 65.1. The molecule has 3 amide bonds. The number of anilines is 5. The van der Waals surface area contributed by atoms with Crippen LogP contribution in [0.2, 0.25) is 0 Å². The highest BCUT2D eigenvalue weighted by Gasteiger charge is 2.52. The van der Waals surface area contributed by atoms with E-state index < -0.39 is 51.2 Å². The largest absolute Gasteiger partial charge is 0.392 e. The highest BCUT2D eigenvalue weighted by Crippen LogP contribution is 2.35. The Kier molecular flexibility index (Phi) is 20.5. The number of thiazole rings is 1. The van der Waals surface area contributed by atoms with Crippen LogP contribution in [-0.2, 0) is 45.2 Å². The van der Waals surface area contributed by atoms with E-state index in [9.17, 15) is 23.1 Å². The van der Waals surface area contributed by atoms with Gasteiger partial charge in [-0.3, -0.25) is 24.2 Å². The number of aryl methyl sites for hydroxylation is 2. The number of nitrogens with one attached hydrogen (secondary N) is 6. The van der Waals surface area contributed by atoms with Crippen molar-refractivity contribution in [2.45, 2.75) is 115 Å². The van der Waals surface area contributed by atoms with Crippen LogP contribution in [0.3, 0.4) is 0 Å². The number of aliphatic hydroxyl groups excluding tert-OH is 1. The van der Waals surface area contributed by atoms with Crippen molar-refractivity contribution in [2.24, 2.45) is 5.41 Å². The molecule has 3 aromatic carbocycles. The van der Waals surface area contributed by atoms with E-state index in [4.69, 9.17) is 19.2 Å². The Morgan fingerprint density at radius 2 is 1.53 bits per heavy atom. The Hall–Kier alpha value is -6.15. The van der Waals surface area contributed by atoms with Crippen molar-refractivity contribution in [3.63, 3.8) is 0 Å². The molecule has 81 heavy (non-hydrogen) atoms. The monoisotopic (exact) mass is 1150 g/mol. The van der Waals surface area contributed by atoms with Gasteiger partial charge in [0.2, 0.25) is 33.7 Å². The number of nitrogens with zero attached hydrogens (tertiary/aromatic N) is 6. The van der Waals surface area contributed by atoms with Gasteiger partial charge in [0.25, 0.3) is 0 Å². The van der Waals surface area contributed by atoms with Gasteiger partial charge in [0.05, 0.1) is 84.8 Å². The van der Waals surface area contributed by atoms with Crippen LogP contribution in [0.15, 0.2) is 89.4 Å². The predicted octanol–water partition coefficient (Wildman–Crippen LogP) is 5.49. The highest BCUT2D eigenvalue weighted by molar-refractivity contribution is 7.89. The molecule has 0 radical (unpaired) electrons. The molecule has 0 bridgehead atoms. The summed E-state index contributed by atoms with van der Waals surface area (Å²) < 4.78 is 46.2. The molecule has 5 aromatic rings. The van der Waals surface area contributed by atoms with Crippen molar-refractivity contribution in [3.05, 3.63) is 101 Å². The molecule has 3 saturated heterocycles. The lowest BCUT2D eigenvalue weighted by Gasteiger charge is -2.50. The Bertz CT molecular complexity index is 3020. The molecule has 2 unspecified atom stereocenters. The molecule has 5 heterocycles. The lowest BCUT2D eigenvalue weighted by atomic mass is 9.77. The number of carbonyl (C=O) groups is 3. The van der Waals surface area contributed by atoms with Crippen LogP contribution in [0, 0.1) is 19.3 Å². The standard InChI is InChI=1S/C58H80N12O9S2/c1-38-34-61-56(66-53(38)63-43-10-9-11-46(32-43)81(75,76)67-58(6,7)8)64-42-16-18-44(19-17-42)68-22-24-69(25-23-68)50-49(52(57(3,4)5)65-48(72)20-26-77-28-30-79-31-29-78-27-21-59-55(50)74)70-36-45(71)33-47(70)54(73)60-35-40-12-14-41(15-13-40)51-39(2)62-37-80-51/h9-19,32,34,37,45,47,49-50,52,67,71H,20-31,33,35-36H2,1-8H3,(H,59,74)(H,60,73)(H,65,72)(H2,61,63,64,66)/t45-,47+,49?,50+,52?/m1/s1. The molecule has 0 saturated carbocycles. The van der Waals surface area contributed by atoms with Crippen LogP contribution in [-0.4, -0.2) is 171 Å². The third-order valence-corrected chi connectivity index (χ3v) is 17.1. The third-order valence-electron chi connectivity index (χ3n) is 14.4. The number of benzene rings is 3. The lowest BCUT2D eigenvalue weighted by molar-refractivity contribution is -0.137. The normalized spacial score (nSPS) is 22.0. The minimum Gasteiger partial charge on any atom is -0.392 e. The average molecular weight is 1150 g/mol. The number of piperazine rings is 1. The van der Waals surface area contributed by atoms with Gasteiger partial charge in [-0.25, -0.2) is 23.1 Å². The fourth-order valence-electron chi connectivity index (χ4n) is 10.4. The van der Waals surface area contributed by atoms with Gasteiger partial charge in [-0.2, -0.15) is 4.98 Å². The van der Waals surface area contributed by atoms with Crippen molar-refractivity contribution in [3.8, 4) is 10.4 Å². The van der Waals surface area contributed by atoms with Crippen molar-refractivity contribution in [1.82, 2.24) is 45.4 Å². The fraction of sp³-hybridized carbons (Fsp3) is 0.517. The van der Waals surface area contributed by atoms with Crippen LogP contribution in [0.1, 0.15) is 71.2 Å². The van der Waals surface area contributed by atoms with Crippen LogP contribution in [0.4, 0.5) is 28.8 Å². The number of carbonyl (C=O) groups excluding carboxylic acids is 3. The van der Waals surface area contributed by atoms with Crippen molar-refractivity contribution in [1.29, 1.82) is 0 Å². The van der Waals surface area contributed by atoms with E-state index in [1.807, 2.05) is 93.6 Å². The van der Waals surface area contributed by atoms with Crippen molar-refractivity contribution < 1.29 is 42.1 Å². The summed E-state index contributed by atoms with van der Waals surface area (Å²) in [6, 6.07) is 19.3. The first kappa shape index (κ1) is 60.9. The minimum atomic E-state index is -3.76. The molecule has 7 N–H and O–H groups in total. The van der Waals surface area contributed by atoms with Gasteiger partial charge in [0.15, 0.2) is 0 Å². The number of rotatable bonds is 13. The minimum absolute atomic E-state index is 0.0671. The summed E-state index contributed by atoms with van der Waals surface area (Å²) in [6.45, 7) is 19.6. The molecule has 3 aliphatic heterocycles. The van der Waals surface area contributed by atoms with Gasteiger partial charge in [-0.15, -0.1) is 11.3 Å². The van der Waals surface area contributed by atoms with Gasteiger partial charge >= 0.3 is 0 Å². The third kappa shape index (κ3) is 16.8. The maximum Gasteiger partial charge on any atom is 0.241 e. The number of sulfonamides is 1. The SMILES string of the molecule is Cc1cnc(Nc2ccc(N3CCN([C@@H]4C(=O)NCCOCCOCCOCCC(=O)NC(C(C)(C)C)C4N4C[C@H](O)C[C@H]4C(=O)NCc4ccc(-c5scnc5C)cc4)CC3)cc2)nc1Nc1cccc(S(=O)(=O)NC(C)(C)C)c1. The Morgan fingerprint density at radius 3 is 2.20 bits per heavy atom. The summed E-state index contributed by atoms with van der Waals surface area (Å²) in [7, 11) is -3.76. The van der Waals surface area contributed by atoms with E-state index in [0.29, 0.717) is 70.1 Å². The molecule has 23 heteroatoms. The molecule has 5 atom stereocenters. The van der Waals surface area contributed by atoms with E-state index in [1.165, 1.54) is 0 Å². The molecule has 3 aliphatic rings. The second kappa shape index (κ2) is 27.3. The topological polar surface area (TPSA) is 254 Å². The first-order valence-electron chi connectivity index (χ1n) is 27.7. The van der Waals surface area contributed by atoms with E-state index >= 15 is 4.79 Å². The van der Waals surface area contributed by atoms with Gasteiger partial charge in [-0.1, -0.05) is 51.1 Å². The van der Waals surface area contributed by atoms with E-state index in [0.717, 1.165) is 38.6 Å². The lowest BCUT2D eigenvalue weighted by Crippen LogP contribution is -2.71. The Labute approximate surface area is 480 Å². The summed E-state index contributed by atoms with van der Waals surface area (Å²) in [6.07, 6.45) is 1.02. The highest BCUT2D eigenvalue weighted by atomic mass is 32.2. The molecule has 2 aromatic heterocycles. The molecule has 21 nitrogen and oxygen atoms in total. The fourth-order valence-corrected chi connectivity index (χ4v) is 12.7. The average Bonchev–Trinajstić information content (AvgIpc) is 4.17. The van der Waals surface area contributed by atoms with E-state index in [-0.39, 0.29) is 68.3 Å². The van der Waals surface area contributed by atoms with Gasteiger partial charge in [0.1, 0.15) is 11.9 Å². The summed E-state index contributed by atoms with van der Waals surface area (Å²) in [5.74, 6) is 0.0305. The molecule has 438 valence electrons. The summed E-state index contributed by atoms with van der Waals surface area (Å²) in [5.41, 5.74) is 6.46. The van der Waals surface area contributed by atoms with Gasteiger partial charge < -0.3 is 50.8 Å². The molecule has 3 fully saturated rings. The van der Waals surface area contributed by atoms with Crippen molar-refractivity contribution >= 4 is 67.9 Å². The quantitative estimate of drug-likeness (QED) is 0.0769. The predicted molar refractivity (Wildman–Crippen MR) is 314 cm³/mol. The summed E-state index contributed by atoms with van der Waals surface area (Å²) >= 11 is 1.58. The molecule has 0 aliphatic carbocycles. The number of hydrogen-bond acceptors (Lipinski definition) is 18. The number of β-amino-alcohol motifs (C(OH)–C–C–N with tert-alkyl or cyclic N) is 1. The summed E-state index contributed by atoms with van der Waals surface area (Å²) in [5, 5.41) is 27.7. The molecular formula is C58H80N12O9S2. The number of hydrogen-bond donors (Lipinski definition) is 7. The number of likely N-dealkylation sites (tertiary alicyclic amines) is 1. The second-order valence-electron chi connectivity index (χ2n) is 22.9. The van der Waals surface area contributed by atoms with E-state index in [2.05, 4.69) is 51.1 Å². The number of aliphatic hydroxyl groups is 1. The zero-order chi connectivity index (χ0) is 57.9. The maximum absolute atomic E-state index is 15.2.